The van der Waals surface area contributed by atoms with Gasteiger partial charge in [0.2, 0.25) is 0 Å². The van der Waals surface area contributed by atoms with Gasteiger partial charge in [-0.3, -0.25) is 20.2 Å². The average molecular weight is 334 g/mol. The summed E-state index contributed by atoms with van der Waals surface area (Å²) in [6.07, 6.45) is 2.15. The Bertz CT molecular complexity index is 631. The Hall–Kier alpha value is -2.61. The third-order valence-corrected chi connectivity index (χ3v) is 3.93. The molecular formula is C16H18N2O6. The van der Waals surface area contributed by atoms with Crippen LogP contribution in [0.25, 0.3) is 0 Å². The van der Waals surface area contributed by atoms with Crippen molar-refractivity contribution in [1.29, 1.82) is 0 Å². The smallest absolute Gasteiger partial charge is 0.328 e. The molecule has 2 fully saturated rings. The maximum absolute atomic E-state index is 11.9. The van der Waals surface area contributed by atoms with E-state index >= 15 is 0 Å². The number of hydrogen-bond donors (Lipinski definition) is 2. The van der Waals surface area contributed by atoms with E-state index in [9.17, 15) is 14.4 Å². The molecule has 24 heavy (non-hydrogen) atoms. The standard InChI is InChI=1S/C16H18N2O6/c1-16(13(19)17-15(21)18-14(16)20)24-11-6-4-10(5-7-11)23-9-12-3-2-8-22-12/h4-7,12H,2-3,8-9H2,1H3,(H2,17,18,19,20,21). The van der Waals surface area contributed by atoms with Crippen LogP contribution < -0.4 is 20.1 Å². The number of urea groups is 1. The van der Waals surface area contributed by atoms with Gasteiger partial charge in [0.05, 0.1) is 6.10 Å². The Kier molecular flexibility index (Phi) is 4.39. The molecule has 0 spiro atoms. The van der Waals surface area contributed by atoms with Gasteiger partial charge in [0, 0.05) is 6.61 Å². The van der Waals surface area contributed by atoms with Gasteiger partial charge < -0.3 is 14.2 Å². The van der Waals surface area contributed by atoms with E-state index in [0.29, 0.717) is 18.1 Å². The summed E-state index contributed by atoms with van der Waals surface area (Å²) < 4.78 is 16.6. The van der Waals surface area contributed by atoms with Crippen LogP contribution in [0.15, 0.2) is 24.3 Å². The fraction of sp³-hybridized carbons (Fsp3) is 0.438. The Morgan fingerprint density at radius 3 is 2.33 bits per heavy atom. The molecule has 1 atom stereocenters. The first-order valence-corrected chi connectivity index (χ1v) is 7.68. The summed E-state index contributed by atoms with van der Waals surface area (Å²) in [7, 11) is 0. The van der Waals surface area contributed by atoms with Gasteiger partial charge >= 0.3 is 6.03 Å². The molecule has 0 radical (unpaired) electrons. The minimum Gasteiger partial charge on any atom is -0.491 e. The highest BCUT2D eigenvalue weighted by molar-refractivity contribution is 6.21. The summed E-state index contributed by atoms with van der Waals surface area (Å²) in [5, 5.41) is 4.02. The maximum Gasteiger partial charge on any atom is 0.328 e. The zero-order chi connectivity index (χ0) is 17.2. The lowest BCUT2D eigenvalue weighted by Crippen LogP contribution is -2.67. The summed E-state index contributed by atoms with van der Waals surface area (Å²) >= 11 is 0. The normalized spacial score (nSPS) is 22.7. The molecule has 2 aliphatic heterocycles. The van der Waals surface area contributed by atoms with E-state index in [2.05, 4.69) is 0 Å². The van der Waals surface area contributed by atoms with Gasteiger partial charge in [-0.1, -0.05) is 0 Å². The number of barbiturate groups is 1. The molecule has 0 aromatic heterocycles. The molecule has 2 heterocycles. The Morgan fingerprint density at radius 2 is 1.75 bits per heavy atom. The first-order valence-electron chi connectivity index (χ1n) is 7.68. The van der Waals surface area contributed by atoms with Crippen molar-refractivity contribution in [2.45, 2.75) is 31.5 Å². The number of nitrogens with one attached hydrogen (secondary N) is 2. The highest BCUT2D eigenvalue weighted by atomic mass is 16.5. The molecule has 2 saturated heterocycles. The number of amides is 4. The fourth-order valence-corrected chi connectivity index (χ4v) is 2.48. The van der Waals surface area contributed by atoms with Crippen LogP contribution in [0.2, 0.25) is 0 Å². The van der Waals surface area contributed by atoms with Crippen LogP contribution in [0.3, 0.4) is 0 Å². The predicted octanol–water partition coefficient (Wildman–Crippen LogP) is 0.748. The third kappa shape index (κ3) is 3.33. The summed E-state index contributed by atoms with van der Waals surface area (Å²) in [5.41, 5.74) is -1.81. The van der Waals surface area contributed by atoms with Gasteiger partial charge in [-0.15, -0.1) is 0 Å². The fourth-order valence-electron chi connectivity index (χ4n) is 2.48. The largest absolute Gasteiger partial charge is 0.491 e. The van der Waals surface area contributed by atoms with E-state index < -0.39 is 23.4 Å². The summed E-state index contributed by atoms with van der Waals surface area (Å²) in [6, 6.07) is 5.68. The molecule has 1 aromatic rings. The highest BCUT2D eigenvalue weighted by Gasteiger charge is 2.48. The molecule has 8 heteroatoms. The second kappa shape index (κ2) is 6.48. The predicted molar refractivity (Wildman–Crippen MR) is 81.6 cm³/mol. The third-order valence-electron chi connectivity index (χ3n) is 3.93. The second-order valence-electron chi connectivity index (χ2n) is 5.79. The maximum atomic E-state index is 11.9. The van der Waals surface area contributed by atoms with Crippen molar-refractivity contribution in [2.24, 2.45) is 0 Å². The molecule has 3 rings (SSSR count). The lowest BCUT2D eigenvalue weighted by atomic mass is 10.0. The van der Waals surface area contributed by atoms with Crippen molar-refractivity contribution in [3.63, 3.8) is 0 Å². The molecule has 4 amide bonds. The molecule has 2 N–H and O–H groups in total. The number of benzene rings is 1. The topological polar surface area (TPSA) is 103 Å². The van der Waals surface area contributed by atoms with Gasteiger partial charge in [-0.05, 0) is 44.0 Å². The molecule has 128 valence electrons. The number of carbonyl (C=O) groups excluding carboxylic acids is 3. The molecule has 1 unspecified atom stereocenters. The summed E-state index contributed by atoms with van der Waals surface area (Å²) in [4.78, 5) is 34.9. The van der Waals surface area contributed by atoms with Crippen LogP contribution in [0, 0.1) is 0 Å². The van der Waals surface area contributed by atoms with Crippen LogP contribution in [0.4, 0.5) is 4.79 Å². The Balaban J connectivity index is 1.61. The molecule has 0 saturated carbocycles. The number of rotatable bonds is 5. The molecular weight excluding hydrogens is 316 g/mol. The summed E-state index contributed by atoms with van der Waals surface area (Å²) in [6.45, 7) is 2.54. The van der Waals surface area contributed by atoms with Crippen LogP contribution in [0.5, 0.6) is 11.5 Å². The number of imide groups is 2. The second-order valence-corrected chi connectivity index (χ2v) is 5.79. The van der Waals surface area contributed by atoms with Gasteiger partial charge in [0.25, 0.3) is 17.4 Å². The molecule has 1 aromatic carbocycles. The lowest BCUT2D eigenvalue weighted by Gasteiger charge is -2.30. The summed E-state index contributed by atoms with van der Waals surface area (Å²) in [5.74, 6) is -0.678. The van der Waals surface area contributed by atoms with E-state index in [4.69, 9.17) is 14.2 Å². The van der Waals surface area contributed by atoms with Gasteiger partial charge in [0.1, 0.15) is 18.1 Å². The zero-order valence-electron chi connectivity index (χ0n) is 13.2. The van der Waals surface area contributed by atoms with Crippen molar-refractivity contribution in [3.8, 4) is 11.5 Å². The number of hydrogen-bond acceptors (Lipinski definition) is 6. The first-order chi connectivity index (χ1) is 11.5. The molecule has 8 nitrogen and oxygen atoms in total. The van der Waals surface area contributed by atoms with Crippen LogP contribution >= 0.6 is 0 Å². The van der Waals surface area contributed by atoms with Crippen molar-refractivity contribution in [3.05, 3.63) is 24.3 Å². The van der Waals surface area contributed by atoms with Crippen molar-refractivity contribution >= 4 is 17.8 Å². The minimum absolute atomic E-state index is 0.118. The Labute approximate surface area is 138 Å². The molecule has 0 bridgehead atoms. The highest BCUT2D eigenvalue weighted by Crippen LogP contribution is 2.24. The van der Waals surface area contributed by atoms with Crippen LogP contribution in [-0.2, 0) is 14.3 Å². The van der Waals surface area contributed by atoms with E-state index in [1.807, 2.05) is 10.6 Å². The monoisotopic (exact) mass is 334 g/mol. The quantitative estimate of drug-likeness (QED) is 0.770. The van der Waals surface area contributed by atoms with Crippen molar-refractivity contribution in [1.82, 2.24) is 10.6 Å². The van der Waals surface area contributed by atoms with E-state index in [-0.39, 0.29) is 6.10 Å². The first kappa shape index (κ1) is 16.3. The van der Waals surface area contributed by atoms with Gasteiger partial charge in [-0.2, -0.15) is 0 Å². The van der Waals surface area contributed by atoms with Gasteiger partial charge in [-0.25, -0.2) is 4.79 Å². The van der Waals surface area contributed by atoms with Crippen molar-refractivity contribution < 1.29 is 28.6 Å². The van der Waals surface area contributed by atoms with E-state index in [1.54, 1.807) is 24.3 Å². The SMILES string of the molecule is CC1(Oc2ccc(OCC3CCCO3)cc2)C(=O)NC(=O)NC1=O. The average Bonchev–Trinajstić information content (AvgIpc) is 3.06. The van der Waals surface area contributed by atoms with Crippen molar-refractivity contribution in [2.75, 3.05) is 13.2 Å². The number of carbonyl (C=O) groups is 3. The van der Waals surface area contributed by atoms with Crippen LogP contribution in [0.1, 0.15) is 19.8 Å². The Morgan fingerprint density at radius 1 is 1.12 bits per heavy atom. The van der Waals surface area contributed by atoms with E-state index in [1.165, 1.54) is 6.92 Å². The number of ether oxygens (including phenoxy) is 3. The minimum atomic E-state index is -1.81. The molecule has 0 aliphatic carbocycles. The van der Waals surface area contributed by atoms with Crippen LogP contribution in [-0.4, -0.2) is 42.8 Å². The van der Waals surface area contributed by atoms with Gasteiger partial charge in [0.15, 0.2) is 0 Å². The molecule has 2 aliphatic rings. The zero-order valence-corrected chi connectivity index (χ0v) is 13.2. The lowest BCUT2D eigenvalue weighted by molar-refractivity contribution is -0.149. The van der Waals surface area contributed by atoms with E-state index in [0.717, 1.165) is 19.4 Å².